The topological polar surface area (TPSA) is 59.8 Å². The monoisotopic (exact) mass is 414 g/mol. The van der Waals surface area contributed by atoms with Gasteiger partial charge in [-0.15, -0.1) is 10.2 Å². The van der Waals surface area contributed by atoms with Gasteiger partial charge in [-0.3, -0.25) is 9.36 Å². The third kappa shape index (κ3) is 4.82. The van der Waals surface area contributed by atoms with Gasteiger partial charge in [0.2, 0.25) is 5.91 Å². The smallest absolute Gasteiger partial charge is 0.230 e. The van der Waals surface area contributed by atoms with Crippen LogP contribution in [0.25, 0.3) is 11.4 Å². The van der Waals surface area contributed by atoms with Crippen LogP contribution in [0.1, 0.15) is 24.4 Å². The third-order valence-corrected chi connectivity index (χ3v) is 5.62. The molecule has 1 aliphatic rings. The van der Waals surface area contributed by atoms with Crippen LogP contribution in [0.15, 0.2) is 53.7 Å². The predicted octanol–water partition coefficient (Wildman–Crippen LogP) is 4.01. The van der Waals surface area contributed by atoms with E-state index in [2.05, 4.69) is 15.5 Å². The Hall–Kier alpha value is -2.74. The van der Waals surface area contributed by atoms with E-state index in [-0.39, 0.29) is 29.3 Å². The van der Waals surface area contributed by atoms with Gasteiger partial charge in [0.05, 0.1) is 11.3 Å². The minimum Gasteiger partial charge on any atom is -0.355 e. The van der Waals surface area contributed by atoms with Crippen LogP contribution >= 0.6 is 11.8 Å². The fourth-order valence-electron chi connectivity index (χ4n) is 3.04. The summed E-state index contributed by atoms with van der Waals surface area (Å²) >= 11 is 1.30. The van der Waals surface area contributed by atoms with Crippen molar-refractivity contribution in [3.8, 4) is 11.4 Å². The van der Waals surface area contributed by atoms with Crippen molar-refractivity contribution in [2.75, 3.05) is 12.3 Å². The van der Waals surface area contributed by atoms with Crippen LogP contribution in [-0.4, -0.2) is 33.0 Å². The summed E-state index contributed by atoms with van der Waals surface area (Å²) in [5.74, 6) is -0.0220. The summed E-state index contributed by atoms with van der Waals surface area (Å²) < 4.78 is 29.0. The number of hydrogen-bond acceptors (Lipinski definition) is 4. The van der Waals surface area contributed by atoms with Gasteiger partial charge >= 0.3 is 0 Å². The largest absolute Gasteiger partial charge is 0.355 e. The van der Waals surface area contributed by atoms with Crippen LogP contribution in [0.3, 0.4) is 0 Å². The Labute approximate surface area is 171 Å². The molecule has 1 aromatic heterocycles. The van der Waals surface area contributed by atoms with Crippen molar-refractivity contribution in [1.29, 1.82) is 0 Å². The number of thioether (sulfide) groups is 1. The molecule has 1 saturated carbocycles. The maximum absolute atomic E-state index is 14.2. The molecule has 150 valence electrons. The second-order valence-electron chi connectivity index (χ2n) is 6.90. The fourth-order valence-corrected chi connectivity index (χ4v) is 3.88. The van der Waals surface area contributed by atoms with E-state index in [0.29, 0.717) is 29.5 Å². The molecule has 0 radical (unpaired) electrons. The number of amides is 1. The van der Waals surface area contributed by atoms with Gasteiger partial charge in [-0.25, -0.2) is 8.78 Å². The van der Waals surface area contributed by atoms with Gasteiger partial charge in [-0.1, -0.05) is 36.0 Å². The van der Waals surface area contributed by atoms with Crippen LogP contribution in [0.5, 0.6) is 0 Å². The highest BCUT2D eigenvalue weighted by molar-refractivity contribution is 7.99. The first kappa shape index (κ1) is 19.6. The molecule has 0 bridgehead atoms. The van der Waals surface area contributed by atoms with Crippen LogP contribution < -0.4 is 5.32 Å². The lowest BCUT2D eigenvalue weighted by Gasteiger charge is -2.09. The molecule has 29 heavy (non-hydrogen) atoms. The van der Waals surface area contributed by atoms with Crippen molar-refractivity contribution in [1.82, 2.24) is 20.1 Å². The molecule has 1 amide bonds. The number of carbonyl (C=O) groups is 1. The molecule has 1 fully saturated rings. The van der Waals surface area contributed by atoms with E-state index in [1.165, 1.54) is 30.0 Å². The van der Waals surface area contributed by atoms with Crippen molar-refractivity contribution in [3.63, 3.8) is 0 Å². The minimum atomic E-state index is -0.336. The first-order valence-electron chi connectivity index (χ1n) is 9.45. The Morgan fingerprint density at radius 2 is 1.86 bits per heavy atom. The number of aromatic nitrogens is 3. The van der Waals surface area contributed by atoms with Gasteiger partial charge in [-0.2, -0.15) is 0 Å². The van der Waals surface area contributed by atoms with E-state index in [9.17, 15) is 13.6 Å². The molecule has 0 saturated heterocycles. The average Bonchev–Trinajstić information content (AvgIpc) is 3.48. The van der Waals surface area contributed by atoms with Crippen LogP contribution in [0.2, 0.25) is 0 Å². The number of hydrogen-bond donors (Lipinski definition) is 1. The molecule has 0 spiro atoms. The zero-order valence-electron chi connectivity index (χ0n) is 15.6. The van der Waals surface area contributed by atoms with E-state index in [0.717, 1.165) is 18.4 Å². The number of rotatable bonds is 8. The van der Waals surface area contributed by atoms with Crippen molar-refractivity contribution < 1.29 is 13.6 Å². The SMILES string of the molecule is O=C(CSc1nnc(-c2ccccc2F)n1C1CC1)NCCc1ccc(F)cc1. The lowest BCUT2D eigenvalue weighted by Crippen LogP contribution is -2.27. The van der Waals surface area contributed by atoms with Gasteiger partial charge in [-0.05, 0) is 49.1 Å². The lowest BCUT2D eigenvalue weighted by atomic mass is 10.1. The van der Waals surface area contributed by atoms with Crippen molar-refractivity contribution in [2.24, 2.45) is 0 Å². The lowest BCUT2D eigenvalue weighted by molar-refractivity contribution is -0.118. The van der Waals surface area contributed by atoms with Gasteiger partial charge < -0.3 is 5.32 Å². The first-order valence-corrected chi connectivity index (χ1v) is 10.4. The summed E-state index contributed by atoms with van der Waals surface area (Å²) in [4.78, 5) is 12.2. The molecule has 5 nitrogen and oxygen atoms in total. The second kappa shape index (κ2) is 8.73. The van der Waals surface area contributed by atoms with E-state index in [1.54, 1.807) is 30.3 Å². The van der Waals surface area contributed by atoms with E-state index in [4.69, 9.17) is 0 Å². The highest BCUT2D eigenvalue weighted by Crippen LogP contribution is 2.41. The van der Waals surface area contributed by atoms with Gasteiger partial charge in [0.25, 0.3) is 0 Å². The molecule has 1 N–H and O–H groups in total. The average molecular weight is 414 g/mol. The van der Waals surface area contributed by atoms with Gasteiger partial charge in [0.15, 0.2) is 11.0 Å². The molecule has 3 aromatic rings. The third-order valence-electron chi connectivity index (χ3n) is 4.67. The Balaban J connectivity index is 1.35. The van der Waals surface area contributed by atoms with Crippen LogP contribution in [0, 0.1) is 11.6 Å². The molecule has 0 aliphatic heterocycles. The number of carbonyl (C=O) groups excluding carboxylic acids is 1. The standard InChI is InChI=1S/C21H20F2N4OS/c22-15-7-5-14(6-8-15)11-12-24-19(28)13-29-21-26-25-20(27(21)16-9-10-16)17-3-1-2-4-18(17)23/h1-8,16H,9-13H2,(H,24,28). The summed E-state index contributed by atoms with van der Waals surface area (Å²) in [5.41, 5.74) is 1.38. The number of halogens is 2. The Morgan fingerprint density at radius 3 is 2.59 bits per heavy atom. The summed E-state index contributed by atoms with van der Waals surface area (Å²) in [6, 6.07) is 13.0. The van der Waals surface area contributed by atoms with Crippen LogP contribution in [-0.2, 0) is 11.2 Å². The molecule has 1 aliphatic carbocycles. The molecule has 2 aromatic carbocycles. The van der Waals surface area contributed by atoms with E-state index in [1.807, 2.05) is 4.57 Å². The maximum Gasteiger partial charge on any atom is 0.230 e. The molecule has 0 unspecified atom stereocenters. The van der Waals surface area contributed by atoms with E-state index < -0.39 is 0 Å². The number of nitrogens with zero attached hydrogens (tertiary/aromatic N) is 3. The Morgan fingerprint density at radius 1 is 1.10 bits per heavy atom. The quantitative estimate of drug-likeness (QED) is 0.566. The first-order chi connectivity index (χ1) is 14.1. The maximum atomic E-state index is 14.2. The van der Waals surface area contributed by atoms with Crippen LogP contribution in [0.4, 0.5) is 8.78 Å². The summed E-state index contributed by atoms with van der Waals surface area (Å²) in [7, 11) is 0. The molecular formula is C21H20F2N4OS. The minimum absolute atomic E-state index is 0.116. The van der Waals surface area contributed by atoms with E-state index >= 15 is 0 Å². The number of nitrogens with one attached hydrogen (secondary N) is 1. The van der Waals surface area contributed by atoms with Crippen molar-refractivity contribution in [3.05, 3.63) is 65.7 Å². The molecule has 1 heterocycles. The fraction of sp³-hybridized carbons (Fsp3) is 0.286. The predicted molar refractivity (Wildman–Crippen MR) is 108 cm³/mol. The van der Waals surface area contributed by atoms with Gasteiger partial charge in [0, 0.05) is 12.6 Å². The zero-order valence-corrected chi connectivity index (χ0v) is 16.5. The normalized spacial score (nSPS) is 13.4. The molecule has 4 rings (SSSR count). The molecule has 0 atom stereocenters. The highest BCUT2D eigenvalue weighted by atomic mass is 32.2. The summed E-state index contributed by atoms with van der Waals surface area (Å²) in [5, 5.41) is 11.9. The Kier molecular flexibility index (Phi) is 5.89. The summed E-state index contributed by atoms with van der Waals surface area (Å²) in [6.07, 6.45) is 2.63. The van der Waals surface area contributed by atoms with Crippen molar-refractivity contribution in [2.45, 2.75) is 30.5 Å². The Bertz CT molecular complexity index is 1000. The number of benzene rings is 2. The highest BCUT2D eigenvalue weighted by Gasteiger charge is 2.31. The van der Waals surface area contributed by atoms with Crippen molar-refractivity contribution >= 4 is 17.7 Å². The second-order valence-corrected chi connectivity index (χ2v) is 7.84. The molecule has 8 heteroatoms. The summed E-state index contributed by atoms with van der Waals surface area (Å²) in [6.45, 7) is 0.473. The zero-order chi connectivity index (χ0) is 20.2. The van der Waals surface area contributed by atoms with Gasteiger partial charge in [0.1, 0.15) is 11.6 Å². The molecular weight excluding hydrogens is 394 g/mol.